The minimum Gasteiger partial charge on any atom is -0.504 e. The van der Waals surface area contributed by atoms with Gasteiger partial charge in [0.05, 0.1) is 23.4 Å². The first-order chi connectivity index (χ1) is 16.4. The zero-order valence-corrected chi connectivity index (χ0v) is 20.8. The van der Waals surface area contributed by atoms with Gasteiger partial charge in [-0.2, -0.15) is 9.41 Å². The van der Waals surface area contributed by atoms with Crippen LogP contribution < -0.4 is 10.2 Å². The molecule has 2 N–H and O–H groups in total. The highest BCUT2D eigenvalue weighted by molar-refractivity contribution is 7.89. The molecule has 4 rings (SSSR count). The number of benzene rings is 2. The van der Waals surface area contributed by atoms with E-state index >= 15 is 0 Å². The van der Waals surface area contributed by atoms with Gasteiger partial charge in [0.15, 0.2) is 11.5 Å². The third kappa shape index (κ3) is 5.57. The molecule has 1 aromatic heterocycles. The lowest BCUT2D eigenvalue weighted by atomic mass is 10.0. The number of piperidine rings is 1. The van der Waals surface area contributed by atoms with Crippen molar-refractivity contribution in [3.05, 3.63) is 53.4 Å². The van der Waals surface area contributed by atoms with Gasteiger partial charge in [0.2, 0.25) is 15.2 Å². The molecule has 3 aromatic rings. The summed E-state index contributed by atoms with van der Waals surface area (Å²) in [5.74, 6) is 0.846. The SMILES string of the molecule is CCOc1cc(C=NNc2nc(-c3cccc(S(=O)(=O)N4CCCC(C)C4)c3)cs2)ccc1O. The van der Waals surface area contributed by atoms with Crippen molar-refractivity contribution >= 4 is 32.7 Å². The molecule has 1 unspecified atom stereocenters. The normalized spacial score (nSPS) is 17.2. The Bertz CT molecular complexity index is 1270. The van der Waals surface area contributed by atoms with Crippen molar-refractivity contribution in [1.82, 2.24) is 9.29 Å². The number of rotatable bonds is 8. The molecule has 0 radical (unpaired) electrons. The number of thiazole rings is 1. The molecule has 1 aliphatic rings. The van der Waals surface area contributed by atoms with Gasteiger partial charge < -0.3 is 9.84 Å². The minimum absolute atomic E-state index is 0.0792. The van der Waals surface area contributed by atoms with Crippen molar-refractivity contribution in [3.8, 4) is 22.8 Å². The predicted octanol–water partition coefficient (Wildman–Crippen LogP) is 4.78. The molecule has 2 aromatic carbocycles. The Morgan fingerprint density at radius 3 is 2.97 bits per heavy atom. The Labute approximate surface area is 204 Å². The van der Waals surface area contributed by atoms with Crippen LogP contribution in [0.25, 0.3) is 11.3 Å². The smallest absolute Gasteiger partial charge is 0.243 e. The Morgan fingerprint density at radius 2 is 2.18 bits per heavy atom. The van der Waals surface area contributed by atoms with Crippen molar-refractivity contribution in [3.63, 3.8) is 0 Å². The van der Waals surface area contributed by atoms with Crippen LogP contribution in [0.15, 0.2) is 57.8 Å². The van der Waals surface area contributed by atoms with Gasteiger partial charge in [-0.15, -0.1) is 11.3 Å². The Hall–Kier alpha value is -2.95. The van der Waals surface area contributed by atoms with E-state index in [4.69, 9.17) is 4.74 Å². The fraction of sp³-hybridized carbons (Fsp3) is 0.333. The minimum atomic E-state index is -3.53. The highest BCUT2D eigenvalue weighted by Crippen LogP contribution is 2.29. The molecule has 0 amide bonds. The molecular weight excluding hydrogens is 472 g/mol. The Morgan fingerprint density at radius 1 is 1.32 bits per heavy atom. The summed E-state index contributed by atoms with van der Waals surface area (Å²) >= 11 is 1.37. The summed E-state index contributed by atoms with van der Waals surface area (Å²) in [4.78, 5) is 4.83. The summed E-state index contributed by atoms with van der Waals surface area (Å²) < 4.78 is 33.2. The van der Waals surface area contributed by atoms with Crippen LogP contribution in [0, 0.1) is 5.92 Å². The topological polar surface area (TPSA) is 104 Å². The van der Waals surface area contributed by atoms with Gasteiger partial charge >= 0.3 is 0 Å². The van der Waals surface area contributed by atoms with Crippen molar-refractivity contribution < 1.29 is 18.3 Å². The van der Waals surface area contributed by atoms with Crippen molar-refractivity contribution in [1.29, 1.82) is 0 Å². The second kappa shape index (κ2) is 10.5. The van der Waals surface area contributed by atoms with Crippen molar-refractivity contribution in [2.45, 2.75) is 31.6 Å². The summed E-state index contributed by atoms with van der Waals surface area (Å²) in [6, 6.07) is 11.9. The number of aromatic hydroxyl groups is 1. The van der Waals surface area contributed by atoms with Crippen LogP contribution in [0.1, 0.15) is 32.3 Å². The van der Waals surface area contributed by atoms with Gasteiger partial charge in [-0.05, 0) is 61.6 Å². The first-order valence-corrected chi connectivity index (χ1v) is 13.5. The number of ether oxygens (including phenoxy) is 1. The van der Waals surface area contributed by atoms with Crippen LogP contribution in [0.3, 0.4) is 0 Å². The van der Waals surface area contributed by atoms with Gasteiger partial charge in [0.1, 0.15) is 0 Å². The van der Waals surface area contributed by atoms with Crippen LogP contribution in [0.5, 0.6) is 11.5 Å². The number of phenolic OH excluding ortho intramolecular Hbond substituents is 1. The first kappa shape index (κ1) is 24.2. The van der Waals surface area contributed by atoms with Gasteiger partial charge in [0, 0.05) is 24.0 Å². The number of sulfonamides is 1. The largest absolute Gasteiger partial charge is 0.504 e. The zero-order chi connectivity index (χ0) is 24.1. The number of hydrogen-bond donors (Lipinski definition) is 2. The van der Waals surface area contributed by atoms with E-state index in [9.17, 15) is 13.5 Å². The average molecular weight is 501 g/mol. The molecule has 0 aliphatic carbocycles. The van der Waals surface area contributed by atoms with Crippen molar-refractivity contribution in [2.24, 2.45) is 11.0 Å². The lowest BCUT2D eigenvalue weighted by Crippen LogP contribution is -2.39. The molecule has 0 bridgehead atoms. The van der Waals surface area contributed by atoms with E-state index in [1.165, 1.54) is 11.3 Å². The molecule has 0 spiro atoms. The second-order valence-electron chi connectivity index (χ2n) is 8.21. The van der Waals surface area contributed by atoms with E-state index in [1.807, 2.05) is 18.4 Å². The number of nitrogens with zero attached hydrogens (tertiary/aromatic N) is 3. The summed E-state index contributed by atoms with van der Waals surface area (Å²) in [5, 5.41) is 16.4. The zero-order valence-electron chi connectivity index (χ0n) is 19.1. The maximum Gasteiger partial charge on any atom is 0.243 e. The van der Waals surface area contributed by atoms with Crippen LogP contribution >= 0.6 is 11.3 Å². The molecule has 1 aliphatic heterocycles. The molecule has 180 valence electrons. The molecule has 34 heavy (non-hydrogen) atoms. The van der Waals surface area contributed by atoms with E-state index in [0.29, 0.717) is 42.2 Å². The fourth-order valence-electron chi connectivity index (χ4n) is 3.83. The fourth-order valence-corrected chi connectivity index (χ4v) is 6.14. The molecule has 8 nitrogen and oxygen atoms in total. The average Bonchev–Trinajstić information content (AvgIpc) is 3.30. The van der Waals surface area contributed by atoms with Crippen LogP contribution in [-0.2, 0) is 10.0 Å². The second-order valence-corrected chi connectivity index (χ2v) is 11.0. The molecule has 0 saturated carbocycles. The van der Waals surface area contributed by atoms with E-state index in [-0.39, 0.29) is 10.6 Å². The van der Waals surface area contributed by atoms with Gasteiger partial charge in [-0.1, -0.05) is 19.1 Å². The monoisotopic (exact) mass is 500 g/mol. The van der Waals surface area contributed by atoms with Gasteiger partial charge in [-0.25, -0.2) is 13.4 Å². The molecule has 10 heteroatoms. The number of nitrogens with one attached hydrogen (secondary N) is 1. The van der Waals surface area contributed by atoms with Crippen LogP contribution in [0.4, 0.5) is 5.13 Å². The maximum absolute atomic E-state index is 13.1. The number of phenols is 1. The molecule has 2 heterocycles. The van der Waals surface area contributed by atoms with Crippen molar-refractivity contribution in [2.75, 3.05) is 25.1 Å². The third-order valence-corrected chi connectivity index (χ3v) is 8.16. The molecule has 1 atom stereocenters. The maximum atomic E-state index is 13.1. The number of anilines is 1. The third-order valence-electron chi connectivity index (χ3n) is 5.55. The first-order valence-electron chi connectivity index (χ1n) is 11.2. The molecule has 1 fully saturated rings. The highest BCUT2D eigenvalue weighted by Gasteiger charge is 2.28. The predicted molar refractivity (Wildman–Crippen MR) is 135 cm³/mol. The van der Waals surface area contributed by atoms with E-state index in [0.717, 1.165) is 24.0 Å². The Balaban J connectivity index is 1.46. The number of hydrazone groups is 1. The van der Waals surface area contributed by atoms with E-state index < -0.39 is 10.0 Å². The van der Waals surface area contributed by atoms with Gasteiger partial charge in [0.25, 0.3) is 0 Å². The van der Waals surface area contributed by atoms with E-state index in [1.54, 1.807) is 46.9 Å². The number of aromatic nitrogens is 1. The lowest BCUT2D eigenvalue weighted by molar-refractivity contribution is 0.281. The quantitative estimate of drug-likeness (QED) is 0.341. The Kier molecular flexibility index (Phi) is 7.50. The van der Waals surface area contributed by atoms with Gasteiger partial charge in [-0.3, -0.25) is 5.43 Å². The van der Waals surface area contributed by atoms with Crippen LogP contribution in [-0.4, -0.2) is 48.7 Å². The molecular formula is C24H28N4O4S2. The summed E-state index contributed by atoms with van der Waals surface area (Å²) in [5.41, 5.74) is 5.07. The van der Waals surface area contributed by atoms with Crippen LogP contribution in [0.2, 0.25) is 0 Å². The number of hydrogen-bond acceptors (Lipinski definition) is 8. The molecule has 1 saturated heterocycles. The highest BCUT2D eigenvalue weighted by atomic mass is 32.2. The summed E-state index contributed by atoms with van der Waals surface area (Å²) in [7, 11) is -3.53. The lowest BCUT2D eigenvalue weighted by Gasteiger charge is -2.30. The summed E-state index contributed by atoms with van der Waals surface area (Å²) in [6.07, 6.45) is 3.55. The van der Waals surface area contributed by atoms with E-state index in [2.05, 4.69) is 22.4 Å². The summed E-state index contributed by atoms with van der Waals surface area (Å²) in [6.45, 7) is 5.51. The standard InChI is InChI=1S/C24H28N4O4S2/c1-3-32-23-12-18(9-10-22(23)29)14-25-27-24-26-21(16-33-24)19-7-4-8-20(13-19)34(30,31)28-11-5-6-17(2)15-28/h4,7-10,12-14,16-17,29H,3,5-6,11,15H2,1-2H3,(H,26,27).